The average Bonchev–Trinajstić information content (AvgIpc) is 3.48. The molecule has 2 aromatic carbocycles. The number of fused-ring (bicyclic) bond motifs is 3. The summed E-state index contributed by atoms with van der Waals surface area (Å²) in [6, 6.07) is 12.6. The van der Waals surface area contributed by atoms with E-state index in [1.165, 1.54) is 4.57 Å². The fraction of sp³-hybridized carbons (Fsp3) is 0.346. The molecular weight excluding hydrogens is 448 g/mol. The number of carbonyl (C=O) groups is 1. The lowest BCUT2D eigenvalue weighted by atomic mass is 10.2. The van der Waals surface area contributed by atoms with Gasteiger partial charge in [0.25, 0.3) is 5.56 Å². The maximum Gasteiger partial charge on any atom is 0.336 e. The fourth-order valence-electron chi connectivity index (χ4n) is 4.76. The molecule has 5 rings (SSSR count). The highest BCUT2D eigenvalue weighted by molar-refractivity contribution is 6.06. The van der Waals surface area contributed by atoms with Crippen molar-refractivity contribution in [2.75, 3.05) is 20.3 Å². The second-order valence-corrected chi connectivity index (χ2v) is 8.92. The molecule has 0 spiro atoms. The number of methoxy groups -OCH3 is 1. The molecule has 0 unspecified atom stereocenters. The summed E-state index contributed by atoms with van der Waals surface area (Å²) in [4.78, 5) is 40.4. The van der Waals surface area contributed by atoms with E-state index < -0.39 is 11.2 Å². The van der Waals surface area contributed by atoms with E-state index in [2.05, 4.69) is 5.32 Å². The van der Waals surface area contributed by atoms with Crippen molar-refractivity contribution < 1.29 is 14.3 Å². The number of amides is 1. The SMILES string of the molecule is COc1ccc2c(c1)c1c(c(=O)n(-c3ccc(C)cc3)c(=O)n1CC(=O)NC[C@@H]1CCCO1)n2C. The summed E-state index contributed by atoms with van der Waals surface area (Å²) in [6.45, 7) is 2.78. The Morgan fingerprint density at radius 2 is 1.91 bits per heavy atom. The van der Waals surface area contributed by atoms with Crippen LogP contribution in [0.15, 0.2) is 52.1 Å². The average molecular weight is 477 g/mol. The van der Waals surface area contributed by atoms with Gasteiger partial charge in [0.15, 0.2) is 0 Å². The molecule has 1 fully saturated rings. The molecule has 0 saturated carbocycles. The zero-order chi connectivity index (χ0) is 24.7. The third-order valence-corrected chi connectivity index (χ3v) is 6.62. The van der Waals surface area contributed by atoms with Crippen LogP contribution < -0.4 is 21.3 Å². The van der Waals surface area contributed by atoms with Crippen molar-refractivity contribution in [3.05, 3.63) is 68.9 Å². The van der Waals surface area contributed by atoms with Gasteiger partial charge in [0.1, 0.15) is 17.8 Å². The van der Waals surface area contributed by atoms with E-state index in [-0.39, 0.29) is 18.6 Å². The van der Waals surface area contributed by atoms with E-state index in [0.29, 0.717) is 41.0 Å². The maximum absolute atomic E-state index is 13.8. The number of aromatic nitrogens is 3. The van der Waals surface area contributed by atoms with Crippen LogP contribution in [0.25, 0.3) is 27.6 Å². The van der Waals surface area contributed by atoms with Crippen molar-refractivity contribution in [3.8, 4) is 11.4 Å². The number of benzene rings is 2. The van der Waals surface area contributed by atoms with Crippen molar-refractivity contribution in [2.24, 2.45) is 7.05 Å². The number of ether oxygens (including phenoxy) is 2. The first kappa shape index (κ1) is 22.9. The van der Waals surface area contributed by atoms with Gasteiger partial charge in [-0.3, -0.25) is 14.2 Å². The number of nitrogens with zero attached hydrogens (tertiary/aromatic N) is 3. The van der Waals surface area contributed by atoms with Gasteiger partial charge in [-0.05, 0) is 50.1 Å². The largest absolute Gasteiger partial charge is 0.497 e. The summed E-state index contributed by atoms with van der Waals surface area (Å²) in [5.74, 6) is 0.271. The van der Waals surface area contributed by atoms with Gasteiger partial charge in [-0.25, -0.2) is 9.36 Å². The van der Waals surface area contributed by atoms with Crippen LogP contribution in [-0.4, -0.2) is 46.0 Å². The minimum absolute atomic E-state index is 0.0148. The molecule has 1 N–H and O–H groups in total. The van der Waals surface area contributed by atoms with Crippen LogP contribution in [0.2, 0.25) is 0 Å². The summed E-state index contributed by atoms with van der Waals surface area (Å²) in [5, 5.41) is 3.55. The van der Waals surface area contributed by atoms with Gasteiger partial charge in [-0.2, -0.15) is 0 Å². The second kappa shape index (κ2) is 9.07. The minimum Gasteiger partial charge on any atom is -0.497 e. The highest BCUT2D eigenvalue weighted by Crippen LogP contribution is 2.29. The Morgan fingerprint density at radius 3 is 2.60 bits per heavy atom. The highest BCUT2D eigenvalue weighted by Gasteiger charge is 2.23. The molecule has 1 amide bonds. The molecule has 35 heavy (non-hydrogen) atoms. The first-order valence-electron chi connectivity index (χ1n) is 11.7. The summed E-state index contributed by atoms with van der Waals surface area (Å²) < 4.78 is 15.2. The molecule has 1 aliphatic heterocycles. The summed E-state index contributed by atoms with van der Waals surface area (Å²) in [7, 11) is 3.34. The molecule has 4 aromatic rings. The molecular formula is C26H28N4O5. The normalized spacial score (nSPS) is 15.7. The lowest BCUT2D eigenvalue weighted by molar-refractivity contribution is -0.122. The molecule has 3 heterocycles. The topological polar surface area (TPSA) is 96.5 Å². The molecule has 0 aliphatic carbocycles. The monoisotopic (exact) mass is 476 g/mol. The summed E-state index contributed by atoms with van der Waals surface area (Å²) in [5.41, 5.74) is 1.94. The van der Waals surface area contributed by atoms with Crippen LogP contribution in [0, 0.1) is 6.92 Å². The lowest BCUT2D eigenvalue weighted by Gasteiger charge is -2.15. The van der Waals surface area contributed by atoms with Crippen molar-refractivity contribution in [3.63, 3.8) is 0 Å². The lowest BCUT2D eigenvalue weighted by Crippen LogP contribution is -2.43. The van der Waals surface area contributed by atoms with Gasteiger partial charge in [0.05, 0.1) is 29.9 Å². The van der Waals surface area contributed by atoms with Gasteiger partial charge in [-0.15, -0.1) is 0 Å². The molecule has 0 radical (unpaired) electrons. The van der Waals surface area contributed by atoms with Crippen LogP contribution in [-0.2, 0) is 23.1 Å². The summed E-state index contributed by atoms with van der Waals surface area (Å²) in [6.07, 6.45) is 1.85. The molecule has 182 valence electrons. The molecule has 9 nitrogen and oxygen atoms in total. The molecule has 1 aliphatic rings. The van der Waals surface area contributed by atoms with E-state index in [1.807, 2.05) is 25.1 Å². The predicted molar refractivity (Wildman–Crippen MR) is 134 cm³/mol. The van der Waals surface area contributed by atoms with Gasteiger partial charge >= 0.3 is 5.69 Å². The van der Waals surface area contributed by atoms with Crippen molar-refractivity contribution in [2.45, 2.75) is 32.4 Å². The number of carbonyl (C=O) groups excluding carboxylic acids is 1. The third kappa shape index (κ3) is 4.01. The van der Waals surface area contributed by atoms with E-state index in [4.69, 9.17) is 9.47 Å². The van der Waals surface area contributed by atoms with Crippen LogP contribution >= 0.6 is 0 Å². The first-order chi connectivity index (χ1) is 16.9. The quantitative estimate of drug-likeness (QED) is 0.461. The Labute approximate surface area is 201 Å². The number of aryl methyl sites for hydroxylation is 2. The molecule has 9 heteroatoms. The van der Waals surface area contributed by atoms with Gasteiger partial charge in [-0.1, -0.05) is 17.7 Å². The Balaban J connectivity index is 1.72. The van der Waals surface area contributed by atoms with Gasteiger partial charge in [0, 0.05) is 25.6 Å². The van der Waals surface area contributed by atoms with Crippen LogP contribution in [0.3, 0.4) is 0 Å². The van der Waals surface area contributed by atoms with Gasteiger partial charge < -0.3 is 19.4 Å². The first-order valence-corrected chi connectivity index (χ1v) is 11.7. The predicted octanol–water partition coefficient (Wildman–Crippen LogP) is 2.26. The van der Waals surface area contributed by atoms with Crippen molar-refractivity contribution >= 4 is 27.8 Å². The molecule has 1 saturated heterocycles. The standard InChI is InChI=1S/C26H28N4O5/c1-16-6-8-17(9-7-16)30-25(32)24-23(20-13-18(34-3)10-11-21(20)28(24)2)29(26(30)33)15-22(31)27-14-19-5-4-12-35-19/h6-11,13,19H,4-5,12,14-15H2,1-3H3,(H,27,31)/t19-/m0/s1. The zero-order valence-electron chi connectivity index (χ0n) is 20.0. The number of nitrogens with one attached hydrogen (secondary N) is 1. The third-order valence-electron chi connectivity index (χ3n) is 6.62. The van der Waals surface area contributed by atoms with Crippen LogP contribution in [0.4, 0.5) is 0 Å². The van der Waals surface area contributed by atoms with E-state index in [9.17, 15) is 14.4 Å². The fourth-order valence-corrected chi connectivity index (χ4v) is 4.76. The van der Waals surface area contributed by atoms with Crippen molar-refractivity contribution in [1.82, 2.24) is 19.0 Å². The van der Waals surface area contributed by atoms with Crippen LogP contribution in [0.1, 0.15) is 18.4 Å². The Hall–Kier alpha value is -3.85. The second-order valence-electron chi connectivity index (χ2n) is 8.92. The van der Waals surface area contributed by atoms with E-state index >= 15 is 0 Å². The molecule has 1 atom stereocenters. The number of rotatable bonds is 6. The Morgan fingerprint density at radius 1 is 1.14 bits per heavy atom. The van der Waals surface area contributed by atoms with E-state index in [0.717, 1.165) is 28.5 Å². The Bertz CT molecular complexity index is 1540. The van der Waals surface area contributed by atoms with Gasteiger partial charge in [0.2, 0.25) is 5.91 Å². The van der Waals surface area contributed by atoms with E-state index in [1.54, 1.807) is 43.0 Å². The maximum atomic E-state index is 13.8. The zero-order valence-corrected chi connectivity index (χ0v) is 20.0. The Kier molecular flexibility index (Phi) is 5.94. The highest BCUT2D eigenvalue weighted by atomic mass is 16.5. The molecule has 0 bridgehead atoms. The molecule has 2 aromatic heterocycles. The number of hydrogen-bond acceptors (Lipinski definition) is 5. The smallest absolute Gasteiger partial charge is 0.336 e. The summed E-state index contributed by atoms with van der Waals surface area (Å²) >= 11 is 0. The minimum atomic E-state index is -0.575. The van der Waals surface area contributed by atoms with Crippen molar-refractivity contribution in [1.29, 1.82) is 0 Å². The van der Waals surface area contributed by atoms with Crippen LogP contribution in [0.5, 0.6) is 5.75 Å². The number of hydrogen-bond donors (Lipinski definition) is 1.